The Bertz CT molecular complexity index is 918. The molecule has 1 aliphatic rings. The van der Waals surface area contributed by atoms with Gasteiger partial charge in [0.25, 0.3) is 5.91 Å². The van der Waals surface area contributed by atoms with Gasteiger partial charge in [-0.1, -0.05) is 23.7 Å². The summed E-state index contributed by atoms with van der Waals surface area (Å²) in [4.78, 5) is 18.8. The van der Waals surface area contributed by atoms with Gasteiger partial charge in [0.1, 0.15) is 11.9 Å². The van der Waals surface area contributed by atoms with Crippen molar-refractivity contribution in [1.29, 1.82) is 0 Å². The van der Waals surface area contributed by atoms with E-state index >= 15 is 0 Å². The standard InChI is InChI=1S/C18H15ClN2O2S/c1-11-20-15-8-12(6-7-17(15)24-11)18(22)21-9-13(10-21)23-16-5-3-2-4-14(16)19/h2-8,13H,9-10H2,1H3. The van der Waals surface area contributed by atoms with Crippen LogP contribution in [0.25, 0.3) is 10.2 Å². The number of hydrogen-bond acceptors (Lipinski definition) is 4. The average Bonchev–Trinajstić information content (AvgIpc) is 2.90. The summed E-state index contributed by atoms with van der Waals surface area (Å²) in [5, 5.41) is 1.60. The van der Waals surface area contributed by atoms with E-state index in [1.807, 2.05) is 43.3 Å². The SMILES string of the molecule is Cc1nc2cc(C(=O)N3CC(Oc4ccccc4Cl)C3)ccc2s1. The molecule has 0 spiro atoms. The maximum absolute atomic E-state index is 12.6. The molecule has 0 aliphatic carbocycles. The molecule has 1 amide bonds. The van der Waals surface area contributed by atoms with Crippen molar-refractivity contribution < 1.29 is 9.53 Å². The second kappa shape index (κ2) is 6.07. The summed E-state index contributed by atoms with van der Waals surface area (Å²) >= 11 is 7.73. The average molecular weight is 359 g/mol. The van der Waals surface area contributed by atoms with E-state index in [0.29, 0.717) is 29.4 Å². The number of nitrogens with zero attached hydrogens (tertiary/aromatic N) is 2. The molecule has 0 saturated carbocycles. The van der Waals surface area contributed by atoms with E-state index in [0.717, 1.165) is 15.2 Å². The van der Waals surface area contributed by atoms with Crippen molar-refractivity contribution >= 4 is 39.1 Å². The molecular formula is C18H15ClN2O2S. The van der Waals surface area contributed by atoms with Gasteiger partial charge in [0.2, 0.25) is 0 Å². The summed E-state index contributed by atoms with van der Waals surface area (Å²) in [5.41, 5.74) is 1.55. The Morgan fingerprint density at radius 2 is 2.08 bits per heavy atom. The minimum Gasteiger partial charge on any atom is -0.485 e. The van der Waals surface area contributed by atoms with Crippen molar-refractivity contribution in [1.82, 2.24) is 9.88 Å². The molecule has 4 nitrogen and oxygen atoms in total. The molecule has 1 saturated heterocycles. The highest BCUT2D eigenvalue weighted by atomic mass is 35.5. The second-order valence-corrected chi connectivity index (χ2v) is 7.44. The number of aryl methyl sites for hydroxylation is 1. The molecule has 1 aromatic heterocycles. The van der Waals surface area contributed by atoms with Gasteiger partial charge >= 0.3 is 0 Å². The second-order valence-electron chi connectivity index (χ2n) is 5.80. The molecule has 24 heavy (non-hydrogen) atoms. The normalized spacial score (nSPS) is 14.7. The van der Waals surface area contributed by atoms with E-state index in [1.165, 1.54) is 0 Å². The molecule has 0 atom stereocenters. The molecule has 0 N–H and O–H groups in total. The number of para-hydroxylation sites is 1. The first-order chi connectivity index (χ1) is 11.6. The number of carbonyl (C=O) groups excluding carboxylic acids is 1. The molecule has 6 heteroatoms. The van der Waals surface area contributed by atoms with Crippen LogP contribution in [0.4, 0.5) is 0 Å². The number of aromatic nitrogens is 1. The Labute approximate surface area is 148 Å². The molecule has 2 heterocycles. The lowest BCUT2D eigenvalue weighted by molar-refractivity contribution is 0.0178. The summed E-state index contributed by atoms with van der Waals surface area (Å²) in [5.74, 6) is 0.678. The molecule has 3 aromatic rings. The van der Waals surface area contributed by atoms with Crippen LogP contribution in [-0.2, 0) is 0 Å². The molecule has 4 rings (SSSR count). The van der Waals surface area contributed by atoms with Gasteiger partial charge in [-0.2, -0.15) is 0 Å². The molecule has 0 unspecified atom stereocenters. The van der Waals surface area contributed by atoms with Gasteiger partial charge in [-0.25, -0.2) is 4.98 Å². The number of amides is 1. The van der Waals surface area contributed by atoms with Gasteiger partial charge in [0.15, 0.2) is 0 Å². The molecule has 1 aliphatic heterocycles. The van der Waals surface area contributed by atoms with Gasteiger partial charge in [-0.3, -0.25) is 4.79 Å². The van der Waals surface area contributed by atoms with Crippen LogP contribution in [0.3, 0.4) is 0 Å². The number of halogens is 1. The zero-order valence-electron chi connectivity index (χ0n) is 13.0. The van der Waals surface area contributed by atoms with E-state index in [4.69, 9.17) is 16.3 Å². The molecule has 1 fully saturated rings. The van der Waals surface area contributed by atoms with Crippen molar-refractivity contribution in [3.05, 3.63) is 58.1 Å². The van der Waals surface area contributed by atoms with Crippen molar-refractivity contribution in [3.63, 3.8) is 0 Å². The molecular weight excluding hydrogens is 344 g/mol. The van der Waals surface area contributed by atoms with E-state index in [1.54, 1.807) is 22.3 Å². The van der Waals surface area contributed by atoms with Crippen LogP contribution in [0, 0.1) is 6.92 Å². The number of rotatable bonds is 3. The number of carbonyl (C=O) groups is 1. The van der Waals surface area contributed by atoms with Crippen LogP contribution in [0.15, 0.2) is 42.5 Å². The van der Waals surface area contributed by atoms with Crippen LogP contribution in [-0.4, -0.2) is 35.0 Å². The molecule has 0 radical (unpaired) electrons. The largest absolute Gasteiger partial charge is 0.485 e. The number of likely N-dealkylation sites (tertiary alicyclic amines) is 1. The van der Waals surface area contributed by atoms with E-state index in [9.17, 15) is 4.79 Å². The van der Waals surface area contributed by atoms with Crippen LogP contribution < -0.4 is 4.74 Å². The first kappa shape index (κ1) is 15.4. The number of hydrogen-bond donors (Lipinski definition) is 0. The summed E-state index contributed by atoms with van der Waals surface area (Å²) in [6.45, 7) is 3.11. The predicted octanol–water partition coefficient (Wildman–Crippen LogP) is 4.16. The lowest BCUT2D eigenvalue weighted by atomic mass is 10.1. The van der Waals surface area contributed by atoms with Crippen LogP contribution in [0.2, 0.25) is 5.02 Å². The van der Waals surface area contributed by atoms with Crippen molar-refractivity contribution in [2.75, 3.05) is 13.1 Å². The highest BCUT2D eigenvalue weighted by Gasteiger charge is 2.33. The number of ether oxygens (including phenoxy) is 1. The van der Waals surface area contributed by atoms with Crippen LogP contribution in [0.5, 0.6) is 5.75 Å². The Morgan fingerprint density at radius 3 is 2.88 bits per heavy atom. The van der Waals surface area contributed by atoms with Gasteiger partial charge in [-0.05, 0) is 37.3 Å². The first-order valence-corrected chi connectivity index (χ1v) is 8.87. The van der Waals surface area contributed by atoms with E-state index < -0.39 is 0 Å². The Morgan fingerprint density at radius 1 is 1.29 bits per heavy atom. The predicted molar refractivity (Wildman–Crippen MR) is 96.1 cm³/mol. The zero-order chi connectivity index (χ0) is 16.7. The van der Waals surface area contributed by atoms with Crippen LogP contribution in [0.1, 0.15) is 15.4 Å². The fourth-order valence-electron chi connectivity index (χ4n) is 2.76. The summed E-state index contributed by atoms with van der Waals surface area (Å²) in [6.07, 6.45) is -0.0147. The Kier molecular flexibility index (Phi) is 3.90. The lowest BCUT2D eigenvalue weighted by Crippen LogP contribution is -2.56. The third-order valence-corrected chi connectivity index (χ3v) is 5.27. The quantitative estimate of drug-likeness (QED) is 0.706. The molecule has 2 aromatic carbocycles. The summed E-state index contributed by atoms with van der Waals surface area (Å²) in [7, 11) is 0. The fourth-order valence-corrected chi connectivity index (χ4v) is 3.74. The third-order valence-electron chi connectivity index (χ3n) is 4.01. The Hall–Kier alpha value is -2.11. The summed E-state index contributed by atoms with van der Waals surface area (Å²) in [6, 6.07) is 13.1. The first-order valence-electron chi connectivity index (χ1n) is 7.68. The smallest absolute Gasteiger partial charge is 0.254 e. The van der Waals surface area contributed by atoms with Gasteiger partial charge < -0.3 is 9.64 Å². The molecule has 0 bridgehead atoms. The highest BCUT2D eigenvalue weighted by Crippen LogP contribution is 2.28. The van der Waals surface area contributed by atoms with Crippen molar-refractivity contribution in [3.8, 4) is 5.75 Å². The van der Waals surface area contributed by atoms with E-state index in [-0.39, 0.29) is 12.0 Å². The minimum absolute atomic E-state index is 0.0147. The van der Waals surface area contributed by atoms with E-state index in [2.05, 4.69) is 4.98 Å². The van der Waals surface area contributed by atoms with Crippen molar-refractivity contribution in [2.45, 2.75) is 13.0 Å². The number of benzene rings is 2. The zero-order valence-corrected chi connectivity index (χ0v) is 14.6. The molecule has 122 valence electrons. The van der Waals surface area contributed by atoms with Crippen LogP contribution >= 0.6 is 22.9 Å². The maximum atomic E-state index is 12.6. The minimum atomic E-state index is -0.0147. The third kappa shape index (κ3) is 2.85. The fraction of sp³-hybridized carbons (Fsp3) is 0.222. The monoisotopic (exact) mass is 358 g/mol. The Balaban J connectivity index is 1.42. The topological polar surface area (TPSA) is 42.4 Å². The summed E-state index contributed by atoms with van der Waals surface area (Å²) < 4.78 is 6.94. The maximum Gasteiger partial charge on any atom is 0.254 e. The lowest BCUT2D eigenvalue weighted by Gasteiger charge is -2.39. The number of fused-ring (bicyclic) bond motifs is 1. The number of thiazole rings is 1. The highest BCUT2D eigenvalue weighted by molar-refractivity contribution is 7.18. The van der Waals surface area contributed by atoms with Gasteiger partial charge in [0.05, 0.1) is 33.3 Å². The van der Waals surface area contributed by atoms with Crippen molar-refractivity contribution in [2.24, 2.45) is 0 Å². The van der Waals surface area contributed by atoms with Gasteiger partial charge in [-0.15, -0.1) is 11.3 Å². The van der Waals surface area contributed by atoms with Gasteiger partial charge in [0, 0.05) is 5.56 Å².